The Balaban J connectivity index is 1.38. The van der Waals surface area contributed by atoms with Crippen molar-refractivity contribution >= 4 is 6.03 Å². The number of methoxy groups -OCH3 is 1. The zero-order valence-electron chi connectivity index (χ0n) is 16.9. The number of urea groups is 1. The lowest BCUT2D eigenvalue weighted by Crippen LogP contribution is -2.59. The largest absolute Gasteiger partial charge is 0.497 e. The number of carbonyl (C=O) groups is 1. The van der Waals surface area contributed by atoms with Crippen LogP contribution in [0.25, 0.3) is 0 Å². The minimum atomic E-state index is 0.0924. The van der Waals surface area contributed by atoms with Gasteiger partial charge in [-0.1, -0.05) is 12.1 Å². The van der Waals surface area contributed by atoms with Crippen molar-refractivity contribution < 1.29 is 14.3 Å². The number of hydrogen-bond acceptors (Lipinski definition) is 4. The van der Waals surface area contributed by atoms with Gasteiger partial charge in [0, 0.05) is 32.3 Å². The van der Waals surface area contributed by atoms with E-state index in [-0.39, 0.29) is 12.1 Å². The summed E-state index contributed by atoms with van der Waals surface area (Å²) in [5, 5.41) is 3.24. The lowest BCUT2D eigenvalue weighted by Gasteiger charge is -2.46. The van der Waals surface area contributed by atoms with Gasteiger partial charge in [-0.15, -0.1) is 0 Å². The van der Waals surface area contributed by atoms with Gasteiger partial charge >= 0.3 is 6.03 Å². The molecule has 0 spiro atoms. The third kappa shape index (κ3) is 4.28. The molecular weight excluding hydrogens is 354 g/mol. The second-order valence-electron chi connectivity index (χ2n) is 8.22. The number of benzene rings is 1. The smallest absolute Gasteiger partial charge is 0.317 e. The first-order valence-corrected chi connectivity index (χ1v) is 10.8. The van der Waals surface area contributed by atoms with Crippen LogP contribution >= 0.6 is 0 Å². The molecule has 1 aromatic rings. The summed E-state index contributed by atoms with van der Waals surface area (Å²) in [7, 11) is 1.70. The van der Waals surface area contributed by atoms with Gasteiger partial charge in [-0.05, 0) is 68.8 Å². The van der Waals surface area contributed by atoms with Gasteiger partial charge in [0.1, 0.15) is 5.75 Å². The highest BCUT2D eigenvalue weighted by Crippen LogP contribution is 2.32. The van der Waals surface area contributed by atoms with Crippen LogP contribution < -0.4 is 10.1 Å². The number of ether oxygens (including phenoxy) is 2. The second kappa shape index (κ2) is 9.14. The van der Waals surface area contributed by atoms with E-state index in [0.717, 1.165) is 57.9 Å². The monoisotopic (exact) mass is 387 g/mol. The first kappa shape index (κ1) is 19.5. The van der Waals surface area contributed by atoms with Crippen LogP contribution in [0, 0.1) is 5.92 Å². The molecule has 2 unspecified atom stereocenters. The first-order valence-electron chi connectivity index (χ1n) is 10.8. The topological polar surface area (TPSA) is 54.0 Å². The normalized spacial score (nSPS) is 24.6. The van der Waals surface area contributed by atoms with Crippen molar-refractivity contribution in [3.8, 4) is 5.75 Å². The van der Waals surface area contributed by atoms with E-state index >= 15 is 0 Å². The van der Waals surface area contributed by atoms with Gasteiger partial charge in [0.05, 0.1) is 13.2 Å². The SMILES string of the molecule is COc1cccc(C(CNC(=O)N2CCC2C2CCOCC2)N2CCCC2)c1. The van der Waals surface area contributed by atoms with Crippen LogP contribution in [0.1, 0.15) is 43.7 Å². The first-order chi connectivity index (χ1) is 13.8. The van der Waals surface area contributed by atoms with E-state index in [1.54, 1.807) is 7.11 Å². The predicted molar refractivity (Wildman–Crippen MR) is 109 cm³/mol. The van der Waals surface area contributed by atoms with Crippen LogP contribution in [0.3, 0.4) is 0 Å². The van der Waals surface area contributed by atoms with E-state index in [2.05, 4.69) is 22.3 Å². The van der Waals surface area contributed by atoms with E-state index in [1.165, 1.54) is 18.4 Å². The van der Waals surface area contributed by atoms with Crippen LogP contribution in [0.5, 0.6) is 5.75 Å². The van der Waals surface area contributed by atoms with Gasteiger partial charge in [0.2, 0.25) is 0 Å². The molecule has 2 amide bonds. The quantitative estimate of drug-likeness (QED) is 0.815. The zero-order valence-corrected chi connectivity index (χ0v) is 16.9. The molecule has 0 aromatic heterocycles. The Labute approximate surface area is 168 Å². The summed E-state index contributed by atoms with van der Waals surface area (Å²) in [6.07, 6.45) is 5.74. The molecule has 6 nitrogen and oxygen atoms in total. The molecule has 3 aliphatic rings. The Bertz CT molecular complexity index is 656. The number of nitrogens with one attached hydrogen (secondary N) is 1. The fourth-order valence-electron chi connectivity index (χ4n) is 4.90. The van der Waals surface area contributed by atoms with E-state index in [4.69, 9.17) is 9.47 Å². The second-order valence-corrected chi connectivity index (χ2v) is 8.22. The van der Waals surface area contributed by atoms with Crippen molar-refractivity contribution in [2.24, 2.45) is 5.92 Å². The summed E-state index contributed by atoms with van der Waals surface area (Å²) in [5.74, 6) is 1.47. The van der Waals surface area contributed by atoms with Gasteiger partial charge in [0.15, 0.2) is 0 Å². The van der Waals surface area contributed by atoms with Crippen LogP contribution in [0.15, 0.2) is 24.3 Å². The third-order valence-corrected chi connectivity index (χ3v) is 6.64. The lowest BCUT2D eigenvalue weighted by molar-refractivity contribution is 0.00343. The van der Waals surface area contributed by atoms with Crippen LogP contribution in [0.2, 0.25) is 0 Å². The Morgan fingerprint density at radius 2 is 2.00 bits per heavy atom. The van der Waals surface area contributed by atoms with E-state index < -0.39 is 0 Å². The minimum Gasteiger partial charge on any atom is -0.497 e. The molecule has 2 atom stereocenters. The highest BCUT2D eigenvalue weighted by molar-refractivity contribution is 5.75. The van der Waals surface area contributed by atoms with Crippen molar-refractivity contribution in [3.05, 3.63) is 29.8 Å². The van der Waals surface area contributed by atoms with Crippen molar-refractivity contribution in [2.45, 2.75) is 44.2 Å². The van der Waals surface area contributed by atoms with Gasteiger partial charge in [-0.3, -0.25) is 4.90 Å². The average molecular weight is 388 g/mol. The summed E-state index contributed by atoms with van der Waals surface area (Å²) in [5.41, 5.74) is 1.21. The van der Waals surface area contributed by atoms with E-state index in [1.807, 2.05) is 17.0 Å². The standard InChI is InChI=1S/C22H33N3O3/c1-27-19-6-4-5-18(15-19)21(24-10-2-3-11-24)16-23-22(26)25-12-7-20(25)17-8-13-28-14-9-17/h4-6,15,17,20-21H,2-3,7-14,16H2,1H3,(H,23,26). The number of nitrogens with zero attached hydrogens (tertiary/aromatic N) is 2. The van der Waals surface area contributed by atoms with Crippen LogP contribution in [-0.4, -0.2) is 68.4 Å². The molecule has 4 rings (SSSR count). The molecule has 3 aliphatic heterocycles. The molecule has 1 N–H and O–H groups in total. The Hall–Kier alpha value is -1.79. The molecule has 3 heterocycles. The molecule has 28 heavy (non-hydrogen) atoms. The molecule has 154 valence electrons. The highest BCUT2D eigenvalue weighted by Gasteiger charge is 2.38. The Kier molecular flexibility index (Phi) is 6.37. The Morgan fingerprint density at radius 3 is 2.68 bits per heavy atom. The molecule has 0 bridgehead atoms. The summed E-state index contributed by atoms with van der Waals surface area (Å²) in [6.45, 7) is 5.37. The van der Waals surface area contributed by atoms with Gasteiger partial charge in [-0.25, -0.2) is 4.79 Å². The maximum absolute atomic E-state index is 12.9. The van der Waals surface area contributed by atoms with Crippen molar-refractivity contribution in [1.29, 1.82) is 0 Å². The number of amides is 2. The zero-order chi connectivity index (χ0) is 19.3. The van der Waals surface area contributed by atoms with E-state index in [9.17, 15) is 4.79 Å². The summed E-state index contributed by atoms with van der Waals surface area (Å²) >= 11 is 0. The number of hydrogen-bond donors (Lipinski definition) is 1. The van der Waals surface area contributed by atoms with Crippen molar-refractivity contribution in [1.82, 2.24) is 15.1 Å². The van der Waals surface area contributed by atoms with Crippen molar-refractivity contribution in [2.75, 3.05) is 46.5 Å². The molecular formula is C22H33N3O3. The van der Waals surface area contributed by atoms with Gasteiger partial charge < -0.3 is 19.7 Å². The predicted octanol–water partition coefficient (Wildman–Crippen LogP) is 3.04. The van der Waals surface area contributed by atoms with Crippen molar-refractivity contribution in [3.63, 3.8) is 0 Å². The van der Waals surface area contributed by atoms with Crippen LogP contribution in [-0.2, 0) is 4.74 Å². The molecule has 3 fully saturated rings. The fourth-order valence-corrected chi connectivity index (χ4v) is 4.90. The minimum absolute atomic E-state index is 0.0924. The lowest BCUT2D eigenvalue weighted by atomic mass is 9.84. The number of likely N-dealkylation sites (tertiary alicyclic amines) is 2. The molecule has 1 aromatic carbocycles. The summed E-state index contributed by atoms with van der Waals surface area (Å²) in [4.78, 5) is 17.4. The van der Waals surface area contributed by atoms with Crippen LogP contribution in [0.4, 0.5) is 4.79 Å². The average Bonchev–Trinajstić information content (AvgIpc) is 3.23. The van der Waals surface area contributed by atoms with E-state index in [0.29, 0.717) is 18.5 Å². The maximum Gasteiger partial charge on any atom is 0.317 e. The molecule has 6 heteroatoms. The molecule has 0 radical (unpaired) electrons. The molecule has 0 saturated carbocycles. The highest BCUT2D eigenvalue weighted by atomic mass is 16.5. The van der Waals surface area contributed by atoms with Gasteiger partial charge in [0.25, 0.3) is 0 Å². The number of rotatable bonds is 6. The number of carbonyl (C=O) groups excluding carboxylic acids is 1. The fraction of sp³-hybridized carbons (Fsp3) is 0.682. The summed E-state index contributed by atoms with van der Waals surface area (Å²) < 4.78 is 10.9. The Morgan fingerprint density at radius 1 is 1.21 bits per heavy atom. The third-order valence-electron chi connectivity index (χ3n) is 6.64. The molecule has 3 saturated heterocycles. The summed E-state index contributed by atoms with van der Waals surface area (Å²) in [6, 6.07) is 8.94. The van der Waals surface area contributed by atoms with Gasteiger partial charge in [-0.2, -0.15) is 0 Å². The molecule has 0 aliphatic carbocycles. The maximum atomic E-state index is 12.9.